The summed E-state index contributed by atoms with van der Waals surface area (Å²) in [6.07, 6.45) is 2.97. The van der Waals surface area contributed by atoms with Crippen molar-refractivity contribution in [2.75, 3.05) is 5.32 Å². The number of fused-ring (bicyclic) bond motifs is 1. The maximum Gasteiger partial charge on any atom is 0.248 e. The first-order valence-corrected chi connectivity index (χ1v) is 9.10. The third kappa shape index (κ3) is 4.12. The highest BCUT2D eigenvalue weighted by Crippen LogP contribution is 2.26. The van der Waals surface area contributed by atoms with Gasteiger partial charge < -0.3 is 10.5 Å². The van der Waals surface area contributed by atoms with Crippen LogP contribution >= 0.6 is 11.6 Å². The van der Waals surface area contributed by atoms with E-state index in [1.54, 1.807) is 60.7 Å². The summed E-state index contributed by atoms with van der Waals surface area (Å²) in [7, 11) is 0. The number of hydrogen-bond donors (Lipinski definition) is 2. The Kier molecular flexibility index (Phi) is 5.01. The molecule has 4 aromatic rings. The standard InChI is InChI=1S/C22H15ClFN3O2/c23-16-6-11-19-20(13-16)27(29)22(26-19)15-4-9-18(10-5-15)25-21(28)12-3-14-1-7-17(24)8-2-14/h1-13,29H,(H,25,28). The van der Waals surface area contributed by atoms with Gasteiger partial charge >= 0.3 is 0 Å². The van der Waals surface area contributed by atoms with Crippen molar-refractivity contribution < 1.29 is 14.4 Å². The topological polar surface area (TPSA) is 67.2 Å². The molecule has 4 rings (SSSR count). The molecule has 7 heteroatoms. The van der Waals surface area contributed by atoms with E-state index in [1.807, 2.05) is 0 Å². The van der Waals surface area contributed by atoms with Gasteiger partial charge in [0, 0.05) is 22.3 Å². The Labute approximate surface area is 170 Å². The minimum Gasteiger partial charge on any atom is -0.426 e. The van der Waals surface area contributed by atoms with E-state index in [4.69, 9.17) is 11.6 Å². The minimum atomic E-state index is -0.328. The molecule has 1 amide bonds. The number of hydrogen-bond acceptors (Lipinski definition) is 3. The Morgan fingerprint density at radius 2 is 1.79 bits per heavy atom. The number of halogens is 2. The van der Waals surface area contributed by atoms with Crippen molar-refractivity contribution in [1.29, 1.82) is 0 Å². The number of imidazole rings is 1. The molecule has 0 fully saturated rings. The van der Waals surface area contributed by atoms with E-state index in [1.165, 1.54) is 18.2 Å². The van der Waals surface area contributed by atoms with Gasteiger partial charge in [0.1, 0.15) is 11.3 Å². The molecule has 0 aliphatic rings. The number of anilines is 1. The normalized spacial score (nSPS) is 11.2. The van der Waals surface area contributed by atoms with Crippen molar-refractivity contribution in [2.24, 2.45) is 0 Å². The Hall–Kier alpha value is -3.64. The van der Waals surface area contributed by atoms with E-state index < -0.39 is 0 Å². The molecule has 0 atom stereocenters. The van der Waals surface area contributed by atoms with Gasteiger partial charge in [-0.15, -0.1) is 0 Å². The first-order chi connectivity index (χ1) is 14.0. The molecule has 0 saturated heterocycles. The molecule has 1 aromatic heterocycles. The highest BCUT2D eigenvalue weighted by atomic mass is 35.5. The van der Waals surface area contributed by atoms with Crippen LogP contribution < -0.4 is 5.32 Å². The summed E-state index contributed by atoms with van der Waals surface area (Å²) in [6.45, 7) is 0. The molecule has 0 bridgehead atoms. The largest absolute Gasteiger partial charge is 0.426 e. The van der Waals surface area contributed by atoms with E-state index in [0.717, 1.165) is 10.3 Å². The summed E-state index contributed by atoms with van der Waals surface area (Å²) in [5.74, 6) is -0.270. The number of aromatic nitrogens is 2. The second-order valence-electron chi connectivity index (χ2n) is 6.33. The SMILES string of the molecule is O=C(C=Cc1ccc(F)cc1)Nc1ccc(-c2nc3ccc(Cl)cc3n2O)cc1. The Morgan fingerprint density at radius 3 is 2.52 bits per heavy atom. The molecular formula is C22H15ClFN3O2. The second kappa shape index (κ2) is 7.77. The lowest BCUT2D eigenvalue weighted by Gasteiger charge is -2.05. The molecule has 3 aromatic carbocycles. The van der Waals surface area contributed by atoms with E-state index in [0.29, 0.717) is 33.1 Å². The van der Waals surface area contributed by atoms with Crippen molar-refractivity contribution in [3.63, 3.8) is 0 Å². The summed E-state index contributed by atoms with van der Waals surface area (Å²) >= 11 is 5.97. The zero-order valence-electron chi connectivity index (χ0n) is 15.0. The highest BCUT2D eigenvalue weighted by molar-refractivity contribution is 6.31. The van der Waals surface area contributed by atoms with Gasteiger partial charge in [0.05, 0.1) is 5.52 Å². The summed E-state index contributed by atoms with van der Waals surface area (Å²) in [5, 5.41) is 13.6. The van der Waals surface area contributed by atoms with E-state index in [9.17, 15) is 14.4 Å². The number of benzene rings is 3. The Bertz CT molecular complexity index is 1220. The van der Waals surface area contributed by atoms with Crippen LogP contribution in [0.25, 0.3) is 28.5 Å². The lowest BCUT2D eigenvalue weighted by Crippen LogP contribution is -2.07. The fourth-order valence-electron chi connectivity index (χ4n) is 2.86. The van der Waals surface area contributed by atoms with Crippen molar-refractivity contribution in [3.8, 4) is 11.4 Å². The fourth-order valence-corrected chi connectivity index (χ4v) is 3.02. The number of carbonyl (C=O) groups excluding carboxylic acids is 1. The van der Waals surface area contributed by atoms with E-state index in [2.05, 4.69) is 10.3 Å². The third-order valence-electron chi connectivity index (χ3n) is 4.30. The van der Waals surface area contributed by atoms with Crippen LogP contribution in [-0.4, -0.2) is 20.8 Å². The molecule has 0 spiro atoms. The van der Waals surface area contributed by atoms with Gasteiger partial charge in [0.15, 0.2) is 5.82 Å². The van der Waals surface area contributed by atoms with Gasteiger partial charge in [0.2, 0.25) is 5.91 Å². The lowest BCUT2D eigenvalue weighted by molar-refractivity contribution is -0.111. The fraction of sp³-hybridized carbons (Fsp3) is 0. The summed E-state index contributed by atoms with van der Waals surface area (Å²) in [6, 6.07) is 17.8. The van der Waals surface area contributed by atoms with Crippen LogP contribution in [0.3, 0.4) is 0 Å². The molecule has 0 radical (unpaired) electrons. The first-order valence-electron chi connectivity index (χ1n) is 8.72. The molecule has 0 saturated carbocycles. The third-order valence-corrected chi connectivity index (χ3v) is 4.54. The number of amides is 1. The summed E-state index contributed by atoms with van der Waals surface area (Å²) in [5.41, 5.74) is 3.12. The summed E-state index contributed by atoms with van der Waals surface area (Å²) < 4.78 is 13.9. The van der Waals surface area contributed by atoms with Gasteiger partial charge in [-0.05, 0) is 66.2 Å². The van der Waals surface area contributed by atoms with Gasteiger partial charge in [0.25, 0.3) is 0 Å². The van der Waals surface area contributed by atoms with Gasteiger partial charge in [-0.3, -0.25) is 4.79 Å². The van der Waals surface area contributed by atoms with Crippen molar-refractivity contribution >= 4 is 40.3 Å². The van der Waals surface area contributed by atoms with Crippen molar-refractivity contribution in [2.45, 2.75) is 0 Å². The zero-order chi connectivity index (χ0) is 20.4. The molecule has 2 N–H and O–H groups in total. The maximum atomic E-state index is 12.9. The van der Waals surface area contributed by atoms with Crippen LogP contribution in [0.5, 0.6) is 0 Å². The summed E-state index contributed by atoms with van der Waals surface area (Å²) in [4.78, 5) is 16.5. The van der Waals surface area contributed by atoms with Crippen LogP contribution in [0.2, 0.25) is 5.02 Å². The average molecular weight is 408 g/mol. The molecule has 0 unspecified atom stereocenters. The van der Waals surface area contributed by atoms with Crippen LogP contribution in [0.15, 0.2) is 72.8 Å². The number of nitrogens with zero attached hydrogens (tertiary/aromatic N) is 2. The zero-order valence-corrected chi connectivity index (χ0v) is 15.8. The lowest BCUT2D eigenvalue weighted by atomic mass is 10.2. The molecule has 5 nitrogen and oxygen atoms in total. The molecule has 1 heterocycles. The molecule has 144 valence electrons. The van der Waals surface area contributed by atoms with Crippen LogP contribution in [0.1, 0.15) is 5.56 Å². The predicted octanol–water partition coefficient (Wildman–Crippen LogP) is 5.39. The molecule has 0 aliphatic carbocycles. The predicted molar refractivity (Wildman–Crippen MR) is 111 cm³/mol. The van der Waals surface area contributed by atoms with Crippen molar-refractivity contribution in [3.05, 3.63) is 89.2 Å². The van der Waals surface area contributed by atoms with Gasteiger partial charge in [-0.25, -0.2) is 9.37 Å². The monoisotopic (exact) mass is 407 g/mol. The van der Waals surface area contributed by atoms with Crippen LogP contribution in [0, 0.1) is 5.82 Å². The van der Waals surface area contributed by atoms with E-state index >= 15 is 0 Å². The Balaban J connectivity index is 1.48. The minimum absolute atomic E-state index is 0.314. The second-order valence-corrected chi connectivity index (χ2v) is 6.77. The molecule has 29 heavy (non-hydrogen) atoms. The number of carbonyl (C=O) groups is 1. The van der Waals surface area contributed by atoms with Gasteiger partial charge in [-0.2, -0.15) is 4.73 Å². The molecular weight excluding hydrogens is 393 g/mol. The number of rotatable bonds is 4. The highest BCUT2D eigenvalue weighted by Gasteiger charge is 2.12. The maximum absolute atomic E-state index is 12.9. The van der Waals surface area contributed by atoms with E-state index in [-0.39, 0.29) is 11.7 Å². The average Bonchev–Trinajstić information content (AvgIpc) is 3.04. The first kappa shape index (κ1) is 18.7. The van der Waals surface area contributed by atoms with Crippen molar-refractivity contribution in [1.82, 2.24) is 9.71 Å². The smallest absolute Gasteiger partial charge is 0.248 e. The molecule has 0 aliphatic heterocycles. The van der Waals surface area contributed by atoms with Crippen LogP contribution in [-0.2, 0) is 4.79 Å². The van der Waals surface area contributed by atoms with Crippen LogP contribution in [0.4, 0.5) is 10.1 Å². The van der Waals surface area contributed by atoms with Gasteiger partial charge in [-0.1, -0.05) is 23.7 Å². The Morgan fingerprint density at radius 1 is 1.07 bits per heavy atom. The number of nitrogens with one attached hydrogen (secondary N) is 1. The quantitative estimate of drug-likeness (QED) is 0.352.